The first-order chi connectivity index (χ1) is 19.4. The minimum atomic E-state index is -0.276. The molecule has 10 heteroatoms. The van der Waals surface area contributed by atoms with Gasteiger partial charge in [-0.1, -0.05) is 0 Å². The van der Waals surface area contributed by atoms with Gasteiger partial charge in [-0.3, -0.25) is 4.79 Å². The maximum absolute atomic E-state index is 13.6. The van der Waals surface area contributed by atoms with E-state index in [2.05, 4.69) is 33.4 Å². The second kappa shape index (κ2) is 9.48. The van der Waals surface area contributed by atoms with Crippen molar-refractivity contribution in [2.45, 2.75) is 38.3 Å². The molecule has 3 fully saturated rings. The number of aryl methyl sites for hydroxylation is 1. The molecule has 1 aromatic carbocycles. The van der Waals surface area contributed by atoms with Gasteiger partial charge in [0, 0.05) is 60.7 Å². The van der Waals surface area contributed by atoms with Gasteiger partial charge >= 0.3 is 0 Å². The highest BCUT2D eigenvalue weighted by atomic mass is 19.1. The van der Waals surface area contributed by atoms with E-state index in [1.807, 2.05) is 17.9 Å². The van der Waals surface area contributed by atoms with Crippen molar-refractivity contribution >= 4 is 5.91 Å². The van der Waals surface area contributed by atoms with Crippen molar-refractivity contribution in [1.29, 1.82) is 0 Å². The van der Waals surface area contributed by atoms with Gasteiger partial charge in [0.05, 0.1) is 17.0 Å². The normalized spacial score (nSPS) is 25.2. The van der Waals surface area contributed by atoms with E-state index in [-0.39, 0.29) is 35.2 Å². The van der Waals surface area contributed by atoms with Crippen molar-refractivity contribution < 1.29 is 13.9 Å². The fraction of sp³-hybridized carbons (Fsp3) is 0.367. The van der Waals surface area contributed by atoms with E-state index in [1.165, 1.54) is 12.1 Å². The number of nitrogens with one attached hydrogen (secondary N) is 1. The minimum absolute atomic E-state index is 0.0127. The molecule has 40 heavy (non-hydrogen) atoms. The number of carbonyl (C=O) groups is 1. The lowest BCUT2D eigenvalue weighted by atomic mass is 9.90. The summed E-state index contributed by atoms with van der Waals surface area (Å²) in [4.78, 5) is 28.5. The van der Waals surface area contributed by atoms with E-state index in [0.717, 1.165) is 36.2 Å². The molecule has 9 nitrogen and oxygen atoms in total. The van der Waals surface area contributed by atoms with Crippen molar-refractivity contribution in [2.75, 3.05) is 19.6 Å². The SMILES string of the molecule is Cc1nn(-c2ncccn2)cc1C(=O)N1C[C@@H]2C(Oc3cc(C4(C)CCCN4)cc(-c4ccc(F)cc4)n3)[C@@H]2C1. The van der Waals surface area contributed by atoms with Crippen LogP contribution in [-0.4, -0.2) is 61.3 Å². The van der Waals surface area contributed by atoms with E-state index < -0.39 is 0 Å². The predicted molar refractivity (Wildman–Crippen MR) is 145 cm³/mol. The predicted octanol–water partition coefficient (Wildman–Crippen LogP) is 3.92. The zero-order chi connectivity index (χ0) is 27.4. The summed E-state index contributed by atoms with van der Waals surface area (Å²) in [6.07, 6.45) is 7.14. The number of carbonyl (C=O) groups excluding carboxylic acids is 1. The summed E-state index contributed by atoms with van der Waals surface area (Å²) in [5.41, 5.74) is 3.77. The molecule has 2 unspecified atom stereocenters. The highest BCUT2D eigenvalue weighted by Crippen LogP contribution is 2.48. The van der Waals surface area contributed by atoms with E-state index in [1.54, 1.807) is 41.5 Å². The van der Waals surface area contributed by atoms with Gasteiger partial charge in [-0.05, 0) is 75.2 Å². The zero-order valence-electron chi connectivity index (χ0n) is 22.4. The quantitative estimate of drug-likeness (QED) is 0.397. The third-order valence-electron chi connectivity index (χ3n) is 8.49. The molecule has 2 saturated heterocycles. The summed E-state index contributed by atoms with van der Waals surface area (Å²) in [6, 6.07) is 12.3. The van der Waals surface area contributed by atoms with Crippen LogP contribution in [0, 0.1) is 24.6 Å². The molecule has 204 valence electrons. The molecule has 4 aromatic rings. The largest absolute Gasteiger partial charge is 0.474 e. The molecular weight excluding hydrogens is 509 g/mol. The molecular formula is C30H30FN7O2. The van der Waals surface area contributed by atoms with Gasteiger partial charge < -0.3 is 15.0 Å². The number of hydrogen-bond acceptors (Lipinski definition) is 7. The fourth-order valence-electron chi connectivity index (χ4n) is 6.10. The molecule has 7 rings (SSSR count). The van der Waals surface area contributed by atoms with Crippen LogP contribution >= 0.6 is 0 Å². The number of rotatable bonds is 6. The molecule has 0 spiro atoms. The average molecular weight is 540 g/mol. The van der Waals surface area contributed by atoms with Crippen molar-refractivity contribution in [3.63, 3.8) is 0 Å². The number of halogens is 1. The van der Waals surface area contributed by atoms with E-state index in [9.17, 15) is 9.18 Å². The lowest BCUT2D eigenvalue weighted by Crippen LogP contribution is -2.34. The van der Waals surface area contributed by atoms with Crippen LogP contribution in [0.25, 0.3) is 17.2 Å². The van der Waals surface area contributed by atoms with Crippen molar-refractivity contribution in [3.05, 3.63) is 83.7 Å². The Bertz CT molecular complexity index is 1550. The number of fused-ring (bicyclic) bond motifs is 1. The number of ether oxygens (including phenoxy) is 1. The van der Waals surface area contributed by atoms with Crippen LogP contribution in [0.4, 0.5) is 4.39 Å². The first-order valence-electron chi connectivity index (χ1n) is 13.7. The molecule has 3 aromatic heterocycles. The van der Waals surface area contributed by atoms with Crippen molar-refractivity contribution in [1.82, 2.24) is 34.9 Å². The molecule has 1 amide bonds. The van der Waals surface area contributed by atoms with Crippen LogP contribution < -0.4 is 10.1 Å². The van der Waals surface area contributed by atoms with Gasteiger partial charge in [0.1, 0.15) is 11.9 Å². The summed E-state index contributed by atoms with van der Waals surface area (Å²) in [5, 5.41) is 8.07. The first kappa shape index (κ1) is 24.8. The number of likely N-dealkylation sites (tertiary alicyclic amines) is 1. The Kier molecular flexibility index (Phi) is 5.88. The Morgan fingerprint density at radius 3 is 2.58 bits per heavy atom. The molecule has 0 bridgehead atoms. The minimum Gasteiger partial charge on any atom is -0.474 e. The van der Waals surface area contributed by atoms with Gasteiger partial charge in [-0.25, -0.2) is 24.0 Å². The van der Waals surface area contributed by atoms with E-state index in [0.29, 0.717) is 36.2 Å². The Hall–Kier alpha value is -4.18. The number of pyridine rings is 1. The smallest absolute Gasteiger partial charge is 0.257 e. The number of amides is 1. The van der Waals surface area contributed by atoms with Gasteiger partial charge in [-0.2, -0.15) is 5.10 Å². The van der Waals surface area contributed by atoms with Gasteiger partial charge in [0.15, 0.2) is 0 Å². The first-order valence-corrected chi connectivity index (χ1v) is 13.7. The number of nitrogens with zero attached hydrogens (tertiary/aromatic N) is 6. The third-order valence-corrected chi connectivity index (χ3v) is 8.49. The topological polar surface area (TPSA) is 98.1 Å². The summed E-state index contributed by atoms with van der Waals surface area (Å²) in [5.74, 6) is 1.21. The molecule has 1 aliphatic carbocycles. The molecule has 4 atom stereocenters. The maximum atomic E-state index is 13.6. The van der Waals surface area contributed by atoms with Gasteiger partial charge in [0.2, 0.25) is 11.8 Å². The van der Waals surface area contributed by atoms with E-state index >= 15 is 0 Å². The van der Waals surface area contributed by atoms with Crippen LogP contribution in [-0.2, 0) is 5.54 Å². The molecule has 5 heterocycles. The molecule has 2 aliphatic heterocycles. The number of hydrogen-bond donors (Lipinski definition) is 1. The van der Waals surface area contributed by atoms with Crippen LogP contribution in [0.5, 0.6) is 5.88 Å². The van der Waals surface area contributed by atoms with Crippen LogP contribution in [0.1, 0.15) is 41.4 Å². The zero-order valence-corrected chi connectivity index (χ0v) is 22.4. The fourth-order valence-corrected chi connectivity index (χ4v) is 6.10. The summed E-state index contributed by atoms with van der Waals surface area (Å²) < 4.78 is 21.6. The van der Waals surface area contributed by atoms with Gasteiger partial charge in [0.25, 0.3) is 5.91 Å². The second-order valence-corrected chi connectivity index (χ2v) is 11.2. The Morgan fingerprint density at radius 2 is 1.88 bits per heavy atom. The monoisotopic (exact) mass is 539 g/mol. The Labute approximate surface area is 231 Å². The van der Waals surface area contributed by atoms with Crippen LogP contribution in [0.2, 0.25) is 0 Å². The summed E-state index contributed by atoms with van der Waals surface area (Å²) in [7, 11) is 0. The van der Waals surface area contributed by atoms with E-state index in [4.69, 9.17) is 9.72 Å². The summed E-state index contributed by atoms with van der Waals surface area (Å²) >= 11 is 0. The molecule has 1 saturated carbocycles. The van der Waals surface area contributed by atoms with Crippen LogP contribution in [0.15, 0.2) is 61.1 Å². The standard InChI is InChI=1S/C30H30FN7O2/c1-18-22(17-38(36-18)29-32-10-4-11-33-29)28(39)37-15-23-24(16-37)27(23)40-26-14-20(30(2)9-3-12-34-30)13-25(35-26)19-5-7-21(31)8-6-19/h4-8,10-11,13-14,17,23-24,27,34H,3,9,12,15-16H2,1-2H3/t23-,24+,27?,30?. The number of piperidine rings is 1. The van der Waals surface area contributed by atoms with Crippen molar-refractivity contribution in [3.8, 4) is 23.1 Å². The molecule has 3 aliphatic rings. The number of aromatic nitrogens is 5. The highest BCUT2D eigenvalue weighted by molar-refractivity contribution is 5.95. The van der Waals surface area contributed by atoms with Crippen molar-refractivity contribution in [2.24, 2.45) is 11.8 Å². The van der Waals surface area contributed by atoms with Gasteiger partial charge in [-0.15, -0.1) is 0 Å². The Balaban J connectivity index is 1.07. The summed E-state index contributed by atoms with van der Waals surface area (Å²) in [6.45, 7) is 6.26. The lowest BCUT2D eigenvalue weighted by Gasteiger charge is -2.26. The molecule has 0 radical (unpaired) electrons. The average Bonchev–Trinajstić information content (AvgIpc) is 3.41. The lowest BCUT2D eigenvalue weighted by molar-refractivity contribution is 0.0751. The molecule has 1 N–H and O–H groups in total. The third kappa shape index (κ3) is 4.42. The highest BCUT2D eigenvalue weighted by Gasteiger charge is 2.59. The van der Waals surface area contributed by atoms with Crippen LogP contribution in [0.3, 0.4) is 0 Å². The second-order valence-electron chi connectivity index (χ2n) is 11.2. The Morgan fingerprint density at radius 1 is 1.12 bits per heavy atom. The maximum Gasteiger partial charge on any atom is 0.257 e. The number of benzene rings is 1.